The molecule has 2 heterocycles. The average Bonchev–Trinajstić information content (AvgIpc) is 3.04. The minimum Gasteiger partial charge on any atom is -0.363 e. The molecule has 0 aliphatic carbocycles. The van der Waals surface area contributed by atoms with Crippen LogP contribution in [0.15, 0.2) is 6.20 Å². The van der Waals surface area contributed by atoms with E-state index in [1.165, 1.54) is 0 Å². The Bertz CT molecular complexity index is 709. The van der Waals surface area contributed by atoms with Gasteiger partial charge in [0.15, 0.2) is 5.11 Å². The number of nitrogens with zero attached hydrogens (tertiary/aromatic N) is 4. The lowest BCUT2D eigenvalue weighted by atomic mass is 10.3. The highest BCUT2D eigenvalue weighted by molar-refractivity contribution is 7.80. The number of hydrogen-bond acceptors (Lipinski definition) is 3. The summed E-state index contributed by atoms with van der Waals surface area (Å²) in [5.74, 6) is 0. The van der Waals surface area contributed by atoms with E-state index >= 15 is 0 Å². The maximum atomic E-state index is 6.10. The molecule has 0 aliphatic rings. The zero-order valence-electron chi connectivity index (χ0n) is 14.1. The lowest BCUT2D eigenvalue weighted by Gasteiger charge is -2.10. The predicted molar refractivity (Wildman–Crippen MR) is 102 cm³/mol. The van der Waals surface area contributed by atoms with Crippen LogP contribution in [0.5, 0.6) is 0 Å². The van der Waals surface area contributed by atoms with E-state index in [1.807, 2.05) is 24.7 Å². The zero-order chi connectivity index (χ0) is 17.7. The first-order valence-electron chi connectivity index (χ1n) is 7.85. The minimum absolute atomic E-state index is 0.485. The highest BCUT2D eigenvalue weighted by atomic mass is 35.5. The topological polar surface area (TPSA) is 59.7 Å². The van der Waals surface area contributed by atoms with Gasteiger partial charge in [-0.3, -0.25) is 9.36 Å². The highest BCUT2D eigenvalue weighted by Gasteiger charge is 2.10. The third-order valence-electron chi connectivity index (χ3n) is 3.64. The molecule has 24 heavy (non-hydrogen) atoms. The summed E-state index contributed by atoms with van der Waals surface area (Å²) >= 11 is 17.4. The SMILES string of the molecule is CCn1cc(CNC(=S)NCCCn2nc(C)c(Cl)c2Cl)c(C)n1. The maximum Gasteiger partial charge on any atom is 0.166 e. The summed E-state index contributed by atoms with van der Waals surface area (Å²) in [5.41, 5.74) is 2.91. The van der Waals surface area contributed by atoms with Gasteiger partial charge in [0.05, 0.1) is 11.4 Å². The molecule has 0 saturated carbocycles. The van der Waals surface area contributed by atoms with Gasteiger partial charge in [0, 0.05) is 37.9 Å². The van der Waals surface area contributed by atoms with Crippen LogP contribution in [-0.2, 0) is 19.6 Å². The van der Waals surface area contributed by atoms with E-state index in [9.17, 15) is 0 Å². The molecule has 0 fully saturated rings. The number of nitrogens with one attached hydrogen (secondary N) is 2. The molecule has 0 bridgehead atoms. The normalized spacial score (nSPS) is 10.9. The zero-order valence-corrected chi connectivity index (χ0v) is 16.4. The molecule has 0 radical (unpaired) electrons. The highest BCUT2D eigenvalue weighted by Crippen LogP contribution is 2.24. The smallest absolute Gasteiger partial charge is 0.166 e. The molecule has 6 nitrogen and oxygen atoms in total. The first-order valence-corrected chi connectivity index (χ1v) is 9.01. The number of rotatable bonds is 7. The van der Waals surface area contributed by atoms with Gasteiger partial charge in [-0.05, 0) is 39.4 Å². The molecule has 0 aliphatic heterocycles. The fourth-order valence-electron chi connectivity index (χ4n) is 2.24. The number of hydrogen-bond donors (Lipinski definition) is 2. The van der Waals surface area contributed by atoms with E-state index in [-0.39, 0.29) is 0 Å². The van der Waals surface area contributed by atoms with Gasteiger partial charge < -0.3 is 10.6 Å². The Hall–Kier alpha value is -1.31. The summed E-state index contributed by atoms with van der Waals surface area (Å²) in [6.07, 6.45) is 2.88. The summed E-state index contributed by atoms with van der Waals surface area (Å²) < 4.78 is 3.63. The second kappa shape index (κ2) is 8.69. The number of aromatic nitrogens is 4. The van der Waals surface area contributed by atoms with Crippen molar-refractivity contribution in [1.29, 1.82) is 0 Å². The van der Waals surface area contributed by atoms with E-state index in [0.29, 0.717) is 28.4 Å². The number of thiocarbonyl (C=S) groups is 1. The number of halogens is 2. The predicted octanol–water partition coefficient (Wildman–Crippen LogP) is 3.08. The van der Waals surface area contributed by atoms with Crippen molar-refractivity contribution < 1.29 is 0 Å². The Labute approximate surface area is 157 Å². The van der Waals surface area contributed by atoms with Gasteiger partial charge in [-0.15, -0.1) is 0 Å². The van der Waals surface area contributed by atoms with E-state index in [2.05, 4.69) is 27.8 Å². The molecule has 0 amide bonds. The van der Waals surface area contributed by atoms with Crippen molar-refractivity contribution in [3.63, 3.8) is 0 Å². The monoisotopic (exact) mass is 388 g/mol. The van der Waals surface area contributed by atoms with Crippen LogP contribution in [0.4, 0.5) is 0 Å². The summed E-state index contributed by atoms with van der Waals surface area (Å²) in [6, 6.07) is 0. The molecule has 2 rings (SSSR count). The minimum atomic E-state index is 0.485. The van der Waals surface area contributed by atoms with Gasteiger partial charge in [0.1, 0.15) is 10.2 Å². The lowest BCUT2D eigenvalue weighted by Crippen LogP contribution is -2.35. The van der Waals surface area contributed by atoms with Gasteiger partial charge in [-0.2, -0.15) is 10.2 Å². The second-order valence-electron chi connectivity index (χ2n) is 5.47. The fourth-order valence-corrected chi connectivity index (χ4v) is 2.81. The molecule has 132 valence electrons. The van der Waals surface area contributed by atoms with Crippen molar-refractivity contribution >= 4 is 40.5 Å². The Balaban J connectivity index is 1.69. The molecule has 0 aromatic carbocycles. The van der Waals surface area contributed by atoms with Gasteiger partial charge >= 0.3 is 0 Å². The summed E-state index contributed by atoms with van der Waals surface area (Å²) in [4.78, 5) is 0. The number of aryl methyl sites for hydroxylation is 4. The van der Waals surface area contributed by atoms with Gasteiger partial charge in [-0.25, -0.2) is 0 Å². The first kappa shape index (κ1) is 19.0. The summed E-state index contributed by atoms with van der Waals surface area (Å²) in [6.45, 7) is 8.85. The van der Waals surface area contributed by atoms with Crippen molar-refractivity contribution in [1.82, 2.24) is 30.2 Å². The fraction of sp³-hybridized carbons (Fsp3) is 0.533. The maximum absolute atomic E-state index is 6.10. The van der Waals surface area contributed by atoms with E-state index in [0.717, 1.165) is 36.5 Å². The molecule has 0 atom stereocenters. The largest absolute Gasteiger partial charge is 0.363 e. The van der Waals surface area contributed by atoms with Crippen molar-refractivity contribution in [3.05, 3.63) is 33.3 Å². The molecular weight excluding hydrogens is 367 g/mol. The van der Waals surface area contributed by atoms with Crippen LogP contribution in [0, 0.1) is 13.8 Å². The quantitative estimate of drug-likeness (QED) is 0.563. The second-order valence-corrected chi connectivity index (χ2v) is 6.62. The standard InChI is InChI=1S/C15H22Cl2N6S/c1-4-22-9-12(10(2)20-22)8-19-15(24)18-6-5-7-23-14(17)13(16)11(3)21-23/h9H,4-8H2,1-3H3,(H2,18,19,24). The van der Waals surface area contributed by atoms with Crippen LogP contribution >= 0.6 is 35.4 Å². The van der Waals surface area contributed by atoms with E-state index < -0.39 is 0 Å². The van der Waals surface area contributed by atoms with Gasteiger partial charge in [0.25, 0.3) is 0 Å². The Morgan fingerprint density at radius 1 is 1.21 bits per heavy atom. The summed E-state index contributed by atoms with van der Waals surface area (Å²) in [7, 11) is 0. The molecule has 0 saturated heterocycles. The van der Waals surface area contributed by atoms with Crippen molar-refractivity contribution in [2.24, 2.45) is 0 Å². The van der Waals surface area contributed by atoms with Crippen LogP contribution in [0.25, 0.3) is 0 Å². The Kier molecular flexibility index (Phi) is 6.89. The molecule has 2 aromatic heterocycles. The molecule has 0 spiro atoms. The van der Waals surface area contributed by atoms with Crippen LogP contribution in [0.3, 0.4) is 0 Å². The third-order valence-corrected chi connectivity index (χ3v) is 4.86. The third kappa shape index (κ3) is 4.84. The molecule has 2 N–H and O–H groups in total. The van der Waals surface area contributed by atoms with E-state index in [1.54, 1.807) is 4.68 Å². The van der Waals surface area contributed by atoms with Crippen molar-refractivity contribution in [2.45, 2.75) is 46.8 Å². The van der Waals surface area contributed by atoms with E-state index in [4.69, 9.17) is 35.4 Å². The Morgan fingerprint density at radius 3 is 2.54 bits per heavy atom. The molecule has 9 heteroatoms. The first-order chi connectivity index (χ1) is 11.4. The Morgan fingerprint density at radius 2 is 1.96 bits per heavy atom. The van der Waals surface area contributed by atoms with Crippen LogP contribution in [-0.4, -0.2) is 31.2 Å². The molecule has 2 aromatic rings. The van der Waals surface area contributed by atoms with Crippen LogP contribution in [0.2, 0.25) is 10.2 Å². The van der Waals surface area contributed by atoms with Crippen LogP contribution < -0.4 is 10.6 Å². The van der Waals surface area contributed by atoms with Gasteiger partial charge in [0.2, 0.25) is 0 Å². The average molecular weight is 389 g/mol. The van der Waals surface area contributed by atoms with Crippen molar-refractivity contribution in [3.8, 4) is 0 Å². The van der Waals surface area contributed by atoms with Gasteiger partial charge in [-0.1, -0.05) is 23.2 Å². The lowest BCUT2D eigenvalue weighted by molar-refractivity contribution is 0.569. The molecular formula is C15H22Cl2N6S. The summed E-state index contributed by atoms with van der Waals surface area (Å²) in [5, 5.41) is 16.7. The van der Waals surface area contributed by atoms with Crippen molar-refractivity contribution in [2.75, 3.05) is 6.54 Å². The van der Waals surface area contributed by atoms with Crippen LogP contribution in [0.1, 0.15) is 30.3 Å². The molecule has 0 unspecified atom stereocenters.